The number of hydrogen-bond donors (Lipinski definition) is 0. The molecule has 0 amide bonds. The molecule has 2 heterocycles. The van der Waals surface area contributed by atoms with Gasteiger partial charge in [-0.05, 0) is 26.2 Å². The highest BCUT2D eigenvalue weighted by molar-refractivity contribution is 9.08. The van der Waals surface area contributed by atoms with Gasteiger partial charge in [0.05, 0.1) is 11.8 Å². The summed E-state index contributed by atoms with van der Waals surface area (Å²) in [5.74, 6) is 1.19. The second-order valence-electron chi connectivity index (χ2n) is 5.01. The molecule has 1 aromatic rings. The van der Waals surface area contributed by atoms with Gasteiger partial charge in [0.1, 0.15) is 5.82 Å². The van der Waals surface area contributed by atoms with Gasteiger partial charge in [-0.25, -0.2) is 0 Å². The van der Waals surface area contributed by atoms with Gasteiger partial charge in [0.25, 0.3) is 0 Å². The molecule has 1 atom stereocenters. The Morgan fingerprint density at radius 1 is 1.50 bits per heavy atom. The maximum atomic E-state index is 5.81. The summed E-state index contributed by atoms with van der Waals surface area (Å²) in [7, 11) is 4.13. The Morgan fingerprint density at radius 3 is 2.89 bits per heavy atom. The molecule has 102 valence electrons. The summed E-state index contributed by atoms with van der Waals surface area (Å²) < 4.78 is 7.77. The minimum absolute atomic E-state index is 0.363. The predicted molar refractivity (Wildman–Crippen MR) is 77.4 cm³/mol. The van der Waals surface area contributed by atoms with E-state index in [1.807, 2.05) is 11.7 Å². The van der Waals surface area contributed by atoms with E-state index in [0.29, 0.717) is 6.10 Å². The average molecular weight is 316 g/mol. The van der Waals surface area contributed by atoms with E-state index >= 15 is 0 Å². The Hall–Kier alpha value is -0.550. The first-order valence-electron chi connectivity index (χ1n) is 6.54. The topological polar surface area (TPSA) is 30.3 Å². The van der Waals surface area contributed by atoms with Crippen LogP contribution in [0.1, 0.15) is 30.5 Å². The van der Waals surface area contributed by atoms with Crippen LogP contribution in [0.5, 0.6) is 0 Å². The molecule has 1 aliphatic heterocycles. The summed E-state index contributed by atoms with van der Waals surface area (Å²) in [6.07, 6.45) is 4.03. The molecule has 18 heavy (non-hydrogen) atoms. The molecular weight excluding hydrogens is 294 g/mol. The van der Waals surface area contributed by atoms with Crippen molar-refractivity contribution < 1.29 is 4.74 Å². The molecule has 4 nitrogen and oxygen atoms in total. The predicted octanol–water partition coefficient (Wildman–Crippen LogP) is 2.63. The number of anilines is 1. The Balaban J connectivity index is 2.10. The second kappa shape index (κ2) is 6.06. The lowest BCUT2D eigenvalue weighted by Crippen LogP contribution is -2.34. The van der Waals surface area contributed by atoms with Gasteiger partial charge in [-0.3, -0.25) is 4.68 Å². The van der Waals surface area contributed by atoms with Crippen LogP contribution in [0.2, 0.25) is 0 Å². The number of ether oxygens (including phenoxy) is 1. The largest absolute Gasteiger partial charge is 0.376 e. The van der Waals surface area contributed by atoms with Crippen molar-refractivity contribution in [1.82, 2.24) is 9.78 Å². The van der Waals surface area contributed by atoms with E-state index in [2.05, 4.69) is 39.9 Å². The molecular formula is C13H22BrN3O. The van der Waals surface area contributed by atoms with Crippen molar-refractivity contribution in [1.29, 1.82) is 0 Å². The number of likely N-dealkylation sites (N-methyl/N-ethyl adjacent to an activating group) is 1. The number of alkyl halides is 1. The van der Waals surface area contributed by atoms with Gasteiger partial charge in [-0.1, -0.05) is 15.9 Å². The highest BCUT2D eigenvalue weighted by Crippen LogP contribution is 2.25. The molecule has 0 aliphatic carbocycles. The van der Waals surface area contributed by atoms with Crippen molar-refractivity contribution in [3.8, 4) is 0 Å². The van der Waals surface area contributed by atoms with E-state index in [0.717, 1.165) is 24.2 Å². The van der Waals surface area contributed by atoms with Gasteiger partial charge in [-0.15, -0.1) is 0 Å². The Morgan fingerprint density at radius 2 is 2.28 bits per heavy atom. The highest BCUT2D eigenvalue weighted by Gasteiger charge is 2.20. The number of aromatic nitrogens is 2. The van der Waals surface area contributed by atoms with Crippen LogP contribution in [0.3, 0.4) is 0 Å². The van der Waals surface area contributed by atoms with Gasteiger partial charge in [0.2, 0.25) is 0 Å². The van der Waals surface area contributed by atoms with Crippen LogP contribution in [-0.2, 0) is 17.1 Å². The third kappa shape index (κ3) is 2.88. The standard InChI is InChI=1S/C13H22BrN3O/c1-10-12(8-14)13(17(3)15-10)16(2)9-11-6-4-5-7-18-11/h11H,4-9H2,1-3H3. The summed E-state index contributed by atoms with van der Waals surface area (Å²) in [6, 6.07) is 0. The van der Waals surface area contributed by atoms with Crippen LogP contribution in [0.15, 0.2) is 0 Å². The number of aryl methyl sites for hydroxylation is 2. The zero-order valence-electron chi connectivity index (χ0n) is 11.4. The molecule has 1 fully saturated rings. The van der Waals surface area contributed by atoms with Gasteiger partial charge in [-0.2, -0.15) is 5.10 Å². The van der Waals surface area contributed by atoms with Crippen LogP contribution < -0.4 is 4.90 Å². The van der Waals surface area contributed by atoms with E-state index < -0.39 is 0 Å². The maximum absolute atomic E-state index is 5.81. The van der Waals surface area contributed by atoms with Crippen molar-refractivity contribution in [2.75, 3.05) is 25.1 Å². The van der Waals surface area contributed by atoms with Crippen molar-refractivity contribution in [2.45, 2.75) is 37.6 Å². The maximum Gasteiger partial charge on any atom is 0.130 e. The Bertz CT molecular complexity index is 399. The third-order valence-electron chi connectivity index (χ3n) is 3.56. The van der Waals surface area contributed by atoms with Crippen LogP contribution >= 0.6 is 15.9 Å². The molecule has 5 heteroatoms. The Kier molecular flexibility index (Phi) is 4.67. The van der Waals surface area contributed by atoms with Crippen LogP contribution in [0.4, 0.5) is 5.82 Å². The molecule has 0 radical (unpaired) electrons. The number of hydrogen-bond acceptors (Lipinski definition) is 3. The van der Waals surface area contributed by atoms with E-state index in [1.165, 1.54) is 30.6 Å². The van der Waals surface area contributed by atoms with Crippen molar-refractivity contribution in [2.24, 2.45) is 7.05 Å². The lowest BCUT2D eigenvalue weighted by atomic mass is 10.1. The fourth-order valence-corrected chi connectivity index (χ4v) is 3.32. The number of halogens is 1. The fraction of sp³-hybridized carbons (Fsp3) is 0.769. The highest BCUT2D eigenvalue weighted by atomic mass is 79.9. The van der Waals surface area contributed by atoms with Crippen LogP contribution in [-0.4, -0.2) is 36.1 Å². The summed E-state index contributed by atoms with van der Waals surface area (Å²) in [4.78, 5) is 2.27. The molecule has 0 spiro atoms. The molecule has 0 saturated carbocycles. The van der Waals surface area contributed by atoms with E-state index in [4.69, 9.17) is 4.74 Å². The normalized spacial score (nSPS) is 20.1. The summed E-state index contributed by atoms with van der Waals surface area (Å²) in [5, 5.41) is 5.35. The molecule has 0 aromatic carbocycles. The number of nitrogens with zero attached hydrogens (tertiary/aromatic N) is 3. The summed E-state index contributed by atoms with van der Waals surface area (Å²) in [6.45, 7) is 3.91. The van der Waals surface area contributed by atoms with Crippen molar-refractivity contribution in [3.63, 3.8) is 0 Å². The SMILES string of the molecule is Cc1nn(C)c(N(C)CC2CCCCO2)c1CBr. The third-order valence-corrected chi connectivity index (χ3v) is 4.12. The van der Waals surface area contributed by atoms with Crippen molar-refractivity contribution in [3.05, 3.63) is 11.3 Å². The van der Waals surface area contributed by atoms with E-state index in [9.17, 15) is 0 Å². The molecule has 1 unspecified atom stereocenters. The van der Waals surface area contributed by atoms with Crippen LogP contribution in [0, 0.1) is 6.92 Å². The van der Waals surface area contributed by atoms with E-state index in [1.54, 1.807) is 0 Å². The van der Waals surface area contributed by atoms with Crippen LogP contribution in [0.25, 0.3) is 0 Å². The first-order chi connectivity index (χ1) is 8.63. The van der Waals surface area contributed by atoms with Crippen molar-refractivity contribution >= 4 is 21.7 Å². The first kappa shape index (κ1) is 13.9. The molecule has 2 rings (SSSR count). The minimum atomic E-state index is 0.363. The van der Waals surface area contributed by atoms with Gasteiger partial charge < -0.3 is 9.64 Å². The fourth-order valence-electron chi connectivity index (χ4n) is 2.67. The molecule has 0 N–H and O–H groups in total. The molecule has 1 aromatic heterocycles. The number of rotatable bonds is 4. The lowest BCUT2D eigenvalue weighted by molar-refractivity contribution is 0.0214. The van der Waals surface area contributed by atoms with Gasteiger partial charge in [0.15, 0.2) is 0 Å². The van der Waals surface area contributed by atoms with Gasteiger partial charge >= 0.3 is 0 Å². The van der Waals surface area contributed by atoms with Gasteiger partial charge in [0, 0.05) is 38.1 Å². The van der Waals surface area contributed by atoms with E-state index in [-0.39, 0.29) is 0 Å². The molecule has 1 saturated heterocycles. The zero-order chi connectivity index (χ0) is 13.1. The quantitative estimate of drug-likeness (QED) is 0.800. The smallest absolute Gasteiger partial charge is 0.130 e. The lowest BCUT2D eigenvalue weighted by Gasteiger charge is -2.29. The monoisotopic (exact) mass is 315 g/mol. The molecule has 0 bridgehead atoms. The minimum Gasteiger partial charge on any atom is -0.376 e. The first-order valence-corrected chi connectivity index (χ1v) is 7.66. The second-order valence-corrected chi connectivity index (χ2v) is 5.57. The average Bonchev–Trinajstić information content (AvgIpc) is 2.64. The Labute approximate surface area is 117 Å². The molecule has 1 aliphatic rings. The summed E-state index contributed by atoms with van der Waals surface area (Å²) in [5.41, 5.74) is 2.37. The summed E-state index contributed by atoms with van der Waals surface area (Å²) >= 11 is 3.55. The zero-order valence-corrected chi connectivity index (χ0v) is 13.0.